The molecule has 0 spiro atoms. The second-order valence-corrected chi connectivity index (χ2v) is 13.2. The number of esters is 2. The SMILES string of the molecule is CC1(OC(=O)C2C3CC4C(OC(=O)C42)C3COC(F)(F)C(C)(C)C)C2CC3CC(C2)CC1C3. The Hall–Kier alpha value is -1.24. The number of alkyl halides is 2. The van der Waals surface area contributed by atoms with Crippen molar-refractivity contribution in [3.05, 3.63) is 0 Å². The number of carbonyl (C=O) groups excluding carboxylic acids is 2. The van der Waals surface area contributed by atoms with Crippen LogP contribution in [0.3, 0.4) is 0 Å². The maximum absolute atomic E-state index is 14.5. The van der Waals surface area contributed by atoms with E-state index in [0.29, 0.717) is 18.3 Å². The molecule has 1 heterocycles. The number of halogens is 2. The van der Waals surface area contributed by atoms with Gasteiger partial charge in [-0.05, 0) is 75.0 Å². The van der Waals surface area contributed by atoms with Crippen LogP contribution in [0.25, 0.3) is 0 Å². The fourth-order valence-electron chi connectivity index (χ4n) is 8.72. The Morgan fingerprint density at radius 1 is 1.03 bits per heavy atom. The summed E-state index contributed by atoms with van der Waals surface area (Å²) in [5.41, 5.74) is -1.81. The molecule has 6 unspecified atom stereocenters. The van der Waals surface area contributed by atoms with Crippen LogP contribution >= 0.6 is 0 Å². The number of fused-ring (bicyclic) bond motifs is 1. The van der Waals surface area contributed by atoms with E-state index in [0.717, 1.165) is 37.5 Å². The second kappa shape index (κ2) is 6.92. The molecule has 0 aromatic rings. The molecule has 7 aliphatic rings. The van der Waals surface area contributed by atoms with Gasteiger partial charge in [0.2, 0.25) is 0 Å². The highest BCUT2D eigenvalue weighted by Gasteiger charge is 2.70. The van der Waals surface area contributed by atoms with Gasteiger partial charge in [0.25, 0.3) is 0 Å². The number of hydrogen-bond donors (Lipinski definition) is 0. The molecule has 6 atom stereocenters. The van der Waals surface area contributed by atoms with Crippen LogP contribution in [0.15, 0.2) is 0 Å². The average molecular weight is 467 g/mol. The fourth-order valence-corrected chi connectivity index (χ4v) is 8.72. The topological polar surface area (TPSA) is 61.8 Å². The highest BCUT2D eigenvalue weighted by atomic mass is 19.3. The largest absolute Gasteiger partial charge is 0.461 e. The van der Waals surface area contributed by atoms with Crippen molar-refractivity contribution >= 4 is 11.9 Å². The number of rotatable bonds is 5. The van der Waals surface area contributed by atoms with Gasteiger partial charge in [0, 0.05) is 11.8 Å². The lowest BCUT2D eigenvalue weighted by atomic mass is 9.50. The van der Waals surface area contributed by atoms with E-state index in [2.05, 4.69) is 6.92 Å². The summed E-state index contributed by atoms with van der Waals surface area (Å²) in [7, 11) is 0. The quantitative estimate of drug-likeness (QED) is 0.544. The molecule has 0 amide bonds. The van der Waals surface area contributed by atoms with Crippen LogP contribution in [0.5, 0.6) is 0 Å². The first kappa shape index (κ1) is 22.2. The number of ether oxygens (including phenoxy) is 3. The van der Waals surface area contributed by atoms with Gasteiger partial charge in [0.05, 0.1) is 23.9 Å². The first-order chi connectivity index (χ1) is 15.4. The Bertz CT molecular complexity index is 835. The van der Waals surface area contributed by atoms with E-state index < -0.39 is 41.0 Å². The van der Waals surface area contributed by atoms with Crippen molar-refractivity contribution in [1.29, 1.82) is 0 Å². The molecule has 1 saturated heterocycles. The summed E-state index contributed by atoms with van der Waals surface area (Å²) in [6.45, 7) is 6.19. The van der Waals surface area contributed by atoms with Crippen molar-refractivity contribution in [3.8, 4) is 0 Å². The van der Waals surface area contributed by atoms with Crippen LogP contribution < -0.4 is 0 Å². The molecule has 0 N–H and O–H groups in total. The fraction of sp³-hybridized carbons (Fsp3) is 0.923. The molecule has 6 saturated carbocycles. The van der Waals surface area contributed by atoms with Crippen LogP contribution in [0.2, 0.25) is 0 Å². The van der Waals surface area contributed by atoms with Crippen LogP contribution in [0, 0.1) is 58.7 Å². The van der Waals surface area contributed by atoms with Gasteiger partial charge in [-0.2, -0.15) is 8.78 Å². The maximum Gasteiger partial charge on any atom is 0.360 e. The van der Waals surface area contributed by atoms with E-state index >= 15 is 0 Å². The molecule has 7 heteroatoms. The van der Waals surface area contributed by atoms with Gasteiger partial charge in [-0.15, -0.1) is 0 Å². The Labute approximate surface area is 194 Å². The third-order valence-electron chi connectivity index (χ3n) is 10.5. The van der Waals surface area contributed by atoms with Gasteiger partial charge in [-0.25, -0.2) is 0 Å². The van der Waals surface area contributed by atoms with Gasteiger partial charge < -0.3 is 14.2 Å². The van der Waals surface area contributed by atoms with E-state index in [1.54, 1.807) is 0 Å². The van der Waals surface area contributed by atoms with E-state index in [1.807, 2.05) is 0 Å². The van der Waals surface area contributed by atoms with E-state index in [4.69, 9.17) is 14.2 Å². The molecule has 5 nitrogen and oxygen atoms in total. The smallest absolute Gasteiger partial charge is 0.360 e. The first-order valence-corrected chi connectivity index (χ1v) is 12.8. The number of hydrogen-bond acceptors (Lipinski definition) is 5. The Morgan fingerprint density at radius 3 is 2.21 bits per heavy atom. The monoisotopic (exact) mass is 466 g/mol. The third-order valence-corrected chi connectivity index (χ3v) is 10.5. The van der Waals surface area contributed by atoms with Crippen molar-refractivity contribution in [2.75, 3.05) is 6.61 Å². The van der Waals surface area contributed by atoms with Crippen molar-refractivity contribution in [3.63, 3.8) is 0 Å². The van der Waals surface area contributed by atoms with E-state index in [-0.39, 0.29) is 30.4 Å². The molecular weight excluding hydrogens is 430 g/mol. The molecule has 6 bridgehead atoms. The van der Waals surface area contributed by atoms with Crippen LogP contribution in [-0.2, 0) is 23.8 Å². The predicted molar refractivity (Wildman–Crippen MR) is 114 cm³/mol. The summed E-state index contributed by atoms with van der Waals surface area (Å²) in [4.78, 5) is 26.4. The summed E-state index contributed by atoms with van der Waals surface area (Å²) < 4.78 is 46.1. The zero-order valence-electron chi connectivity index (χ0n) is 20.0. The lowest BCUT2D eigenvalue weighted by Crippen LogP contribution is -2.58. The Morgan fingerprint density at radius 2 is 1.64 bits per heavy atom. The Balaban J connectivity index is 1.21. The van der Waals surface area contributed by atoms with Gasteiger partial charge in [0.15, 0.2) is 0 Å². The minimum absolute atomic E-state index is 0.0942. The minimum Gasteiger partial charge on any atom is -0.461 e. The lowest BCUT2D eigenvalue weighted by Gasteiger charge is -2.59. The van der Waals surface area contributed by atoms with E-state index in [1.165, 1.54) is 27.2 Å². The molecule has 6 aliphatic carbocycles. The van der Waals surface area contributed by atoms with Crippen LogP contribution in [-0.4, -0.2) is 36.4 Å². The van der Waals surface area contributed by atoms with Gasteiger partial charge in [0.1, 0.15) is 11.7 Å². The van der Waals surface area contributed by atoms with Gasteiger partial charge >= 0.3 is 18.0 Å². The highest BCUT2D eigenvalue weighted by molar-refractivity contribution is 5.86. The average Bonchev–Trinajstić information content (AvgIpc) is 3.32. The first-order valence-electron chi connectivity index (χ1n) is 12.8. The van der Waals surface area contributed by atoms with Crippen molar-refractivity contribution < 1.29 is 32.6 Å². The normalized spacial score (nSPS) is 49.6. The molecule has 7 fully saturated rings. The molecule has 0 aromatic carbocycles. The van der Waals surface area contributed by atoms with Crippen molar-refractivity contribution in [2.45, 2.75) is 84.0 Å². The summed E-state index contributed by atoms with van der Waals surface area (Å²) in [5, 5.41) is 0. The van der Waals surface area contributed by atoms with Gasteiger partial charge in [-0.1, -0.05) is 20.8 Å². The zero-order valence-corrected chi connectivity index (χ0v) is 20.0. The summed E-state index contributed by atoms with van der Waals surface area (Å²) in [6.07, 6.45) is 2.73. The van der Waals surface area contributed by atoms with Crippen LogP contribution in [0.1, 0.15) is 66.2 Å². The summed E-state index contributed by atoms with van der Waals surface area (Å²) in [6, 6.07) is 0. The molecule has 7 rings (SSSR count). The summed E-state index contributed by atoms with van der Waals surface area (Å²) in [5.74, 6) is -0.162. The molecule has 0 aromatic heterocycles. The third kappa shape index (κ3) is 3.09. The lowest BCUT2D eigenvalue weighted by molar-refractivity contribution is -0.302. The number of carbonyl (C=O) groups is 2. The molecular formula is C26H36F2O5. The minimum atomic E-state index is -3.30. The van der Waals surface area contributed by atoms with Crippen molar-refractivity contribution in [1.82, 2.24) is 0 Å². The standard InChI is InChI=1S/C26H36F2O5/c1-24(2,3)26(27,28)31-11-18-16-10-17-20(22(29)32-21(17)18)19(16)23(30)33-25(4)14-6-12-5-13(8-14)9-15(25)7-12/h12-21H,5-11H2,1-4H3. The van der Waals surface area contributed by atoms with Crippen molar-refractivity contribution in [2.24, 2.45) is 58.7 Å². The zero-order chi connectivity index (χ0) is 23.5. The van der Waals surface area contributed by atoms with E-state index in [9.17, 15) is 18.4 Å². The Kier molecular flexibility index (Phi) is 4.66. The van der Waals surface area contributed by atoms with Crippen LogP contribution in [0.4, 0.5) is 8.78 Å². The summed E-state index contributed by atoms with van der Waals surface area (Å²) >= 11 is 0. The second-order valence-electron chi connectivity index (χ2n) is 13.2. The molecule has 33 heavy (non-hydrogen) atoms. The maximum atomic E-state index is 14.5. The molecule has 184 valence electrons. The predicted octanol–water partition coefficient (Wildman–Crippen LogP) is 4.82. The molecule has 0 radical (unpaired) electrons. The molecule has 1 aliphatic heterocycles. The van der Waals surface area contributed by atoms with Gasteiger partial charge in [-0.3, -0.25) is 9.59 Å². The highest BCUT2D eigenvalue weighted by Crippen LogP contribution is 2.63.